The van der Waals surface area contributed by atoms with Crippen molar-refractivity contribution in [3.8, 4) is 0 Å². The summed E-state index contributed by atoms with van der Waals surface area (Å²) in [6, 6.07) is 8.12. The maximum Gasteiger partial charge on any atom is 0.274 e. The van der Waals surface area contributed by atoms with Gasteiger partial charge in [0.05, 0.1) is 12.4 Å². The van der Waals surface area contributed by atoms with Crippen LogP contribution in [-0.2, 0) is 13.1 Å². The van der Waals surface area contributed by atoms with Crippen LogP contribution in [0.15, 0.2) is 36.7 Å². The number of carbonyl (C=O) groups excluding carboxylic acids is 1. The van der Waals surface area contributed by atoms with Gasteiger partial charge in [-0.1, -0.05) is 31.2 Å². The summed E-state index contributed by atoms with van der Waals surface area (Å²) < 4.78 is 0. The highest BCUT2D eigenvalue weighted by atomic mass is 16.2. The minimum absolute atomic E-state index is 0.0688. The van der Waals surface area contributed by atoms with Crippen LogP contribution in [0, 0.1) is 0 Å². The zero-order valence-electron chi connectivity index (χ0n) is 12.0. The molecule has 1 aliphatic heterocycles. The van der Waals surface area contributed by atoms with E-state index in [0.29, 0.717) is 24.6 Å². The average molecular weight is 282 g/mol. The van der Waals surface area contributed by atoms with E-state index >= 15 is 0 Å². The molecule has 1 N–H and O–H groups in total. The summed E-state index contributed by atoms with van der Waals surface area (Å²) in [7, 11) is 0. The van der Waals surface area contributed by atoms with Crippen molar-refractivity contribution in [3.05, 3.63) is 53.5 Å². The van der Waals surface area contributed by atoms with Crippen molar-refractivity contribution < 1.29 is 4.79 Å². The van der Waals surface area contributed by atoms with Gasteiger partial charge in [-0.3, -0.25) is 4.79 Å². The second-order valence-corrected chi connectivity index (χ2v) is 5.14. The summed E-state index contributed by atoms with van der Waals surface area (Å²) in [5.41, 5.74) is 2.81. The maximum atomic E-state index is 12.4. The molecule has 5 heteroatoms. The van der Waals surface area contributed by atoms with Crippen molar-refractivity contribution in [1.29, 1.82) is 0 Å². The third-order valence-electron chi connectivity index (χ3n) is 3.56. The third kappa shape index (κ3) is 2.86. The van der Waals surface area contributed by atoms with E-state index in [9.17, 15) is 4.79 Å². The van der Waals surface area contributed by atoms with E-state index in [-0.39, 0.29) is 5.91 Å². The van der Waals surface area contributed by atoms with Crippen LogP contribution in [0.25, 0.3) is 0 Å². The van der Waals surface area contributed by atoms with Crippen LogP contribution in [0.2, 0.25) is 0 Å². The monoisotopic (exact) mass is 282 g/mol. The first-order valence-corrected chi connectivity index (χ1v) is 7.20. The molecule has 0 bridgehead atoms. The lowest BCUT2D eigenvalue weighted by Crippen LogP contribution is -2.26. The topological polar surface area (TPSA) is 58.1 Å². The highest BCUT2D eigenvalue weighted by Crippen LogP contribution is 2.23. The van der Waals surface area contributed by atoms with Crippen molar-refractivity contribution in [2.45, 2.75) is 26.4 Å². The molecule has 2 aromatic rings. The Kier molecular flexibility index (Phi) is 3.81. The van der Waals surface area contributed by atoms with Crippen molar-refractivity contribution in [3.63, 3.8) is 0 Å². The predicted molar refractivity (Wildman–Crippen MR) is 80.8 cm³/mol. The van der Waals surface area contributed by atoms with E-state index in [1.807, 2.05) is 12.1 Å². The average Bonchev–Trinajstić information content (AvgIpc) is 2.96. The summed E-state index contributed by atoms with van der Waals surface area (Å²) in [6.07, 6.45) is 4.18. The fraction of sp³-hybridized carbons (Fsp3) is 0.312. The summed E-state index contributed by atoms with van der Waals surface area (Å²) in [5.74, 6) is 0.638. The van der Waals surface area contributed by atoms with Gasteiger partial charge >= 0.3 is 0 Å². The molecule has 0 aliphatic carbocycles. The fourth-order valence-electron chi connectivity index (χ4n) is 2.42. The van der Waals surface area contributed by atoms with Gasteiger partial charge in [0.2, 0.25) is 0 Å². The Morgan fingerprint density at radius 3 is 2.48 bits per heavy atom. The Hall–Kier alpha value is -2.43. The quantitative estimate of drug-likeness (QED) is 0.936. The number of nitrogens with zero attached hydrogens (tertiary/aromatic N) is 3. The molecule has 108 valence electrons. The lowest BCUT2D eigenvalue weighted by Gasteiger charge is -2.14. The molecule has 21 heavy (non-hydrogen) atoms. The van der Waals surface area contributed by atoms with Crippen molar-refractivity contribution >= 4 is 11.7 Å². The normalized spacial score (nSPS) is 13.1. The predicted octanol–water partition coefficient (Wildman–Crippen LogP) is 2.45. The van der Waals surface area contributed by atoms with Crippen molar-refractivity contribution in [2.24, 2.45) is 0 Å². The Balaban J connectivity index is 1.69. The van der Waals surface area contributed by atoms with Gasteiger partial charge < -0.3 is 10.2 Å². The van der Waals surface area contributed by atoms with E-state index in [4.69, 9.17) is 0 Å². The van der Waals surface area contributed by atoms with E-state index in [1.54, 1.807) is 17.3 Å². The molecule has 5 nitrogen and oxygen atoms in total. The number of hydrogen-bond acceptors (Lipinski definition) is 4. The van der Waals surface area contributed by atoms with Gasteiger partial charge in [0, 0.05) is 19.6 Å². The highest BCUT2D eigenvalue weighted by Gasteiger charge is 2.24. The summed E-state index contributed by atoms with van der Waals surface area (Å²) in [6.45, 7) is 4.23. The molecule has 0 saturated carbocycles. The zero-order valence-corrected chi connectivity index (χ0v) is 12.0. The van der Waals surface area contributed by atoms with Crippen LogP contribution in [0.4, 0.5) is 5.82 Å². The minimum atomic E-state index is -0.0688. The number of anilines is 1. The van der Waals surface area contributed by atoms with Crippen LogP contribution < -0.4 is 5.32 Å². The van der Waals surface area contributed by atoms with Gasteiger partial charge in [-0.2, -0.15) is 0 Å². The highest BCUT2D eigenvalue weighted by molar-refractivity contribution is 5.92. The molecule has 1 aromatic carbocycles. The molecule has 0 spiro atoms. The van der Waals surface area contributed by atoms with Gasteiger partial charge in [0.1, 0.15) is 11.5 Å². The first kappa shape index (κ1) is 13.5. The second-order valence-electron chi connectivity index (χ2n) is 5.14. The number of rotatable bonds is 4. The Labute approximate surface area is 124 Å². The van der Waals surface area contributed by atoms with E-state index in [1.165, 1.54) is 11.1 Å². The number of benzene rings is 1. The fourth-order valence-corrected chi connectivity index (χ4v) is 2.42. The number of amides is 1. The van der Waals surface area contributed by atoms with Gasteiger partial charge in [0.25, 0.3) is 5.91 Å². The van der Waals surface area contributed by atoms with E-state index in [2.05, 4.69) is 34.3 Å². The number of aromatic nitrogens is 2. The second kappa shape index (κ2) is 5.91. The zero-order chi connectivity index (χ0) is 14.7. The first-order valence-electron chi connectivity index (χ1n) is 7.20. The largest absolute Gasteiger partial charge is 0.369 e. The van der Waals surface area contributed by atoms with Crippen LogP contribution in [0.5, 0.6) is 0 Å². The standard InChI is InChI=1S/C16H18N4O/c1-2-7-17-15-9-18-14(8-19-15)16(21)20-10-12-5-3-4-6-13(12)11-20/h3-6,8-9H,2,7,10-11H2,1H3,(H,17,19). The molecular formula is C16H18N4O. The molecule has 0 fully saturated rings. The molecule has 0 unspecified atom stereocenters. The number of fused-ring (bicyclic) bond motifs is 1. The van der Waals surface area contributed by atoms with E-state index < -0.39 is 0 Å². The number of nitrogens with one attached hydrogen (secondary N) is 1. The van der Waals surface area contributed by atoms with Gasteiger partial charge in [-0.25, -0.2) is 9.97 Å². The first-order chi connectivity index (χ1) is 10.3. The van der Waals surface area contributed by atoms with E-state index in [0.717, 1.165) is 13.0 Å². The molecule has 0 atom stereocenters. The molecule has 1 aromatic heterocycles. The lowest BCUT2D eigenvalue weighted by molar-refractivity contribution is 0.0745. The molecule has 1 amide bonds. The molecule has 0 saturated heterocycles. The van der Waals surface area contributed by atoms with Crippen LogP contribution in [-0.4, -0.2) is 27.3 Å². The molecule has 2 heterocycles. The summed E-state index contributed by atoms with van der Waals surface area (Å²) in [5, 5.41) is 3.15. The van der Waals surface area contributed by atoms with Crippen molar-refractivity contribution in [2.75, 3.05) is 11.9 Å². The minimum Gasteiger partial charge on any atom is -0.369 e. The molecular weight excluding hydrogens is 264 g/mol. The number of carbonyl (C=O) groups is 1. The van der Waals surface area contributed by atoms with Crippen LogP contribution in [0.1, 0.15) is 35.0 Å². The maximum absolute atomic E-state index is 12.4. The Bertz CT molecular complexity index is 614. The lowest BCUT2D eigenvalue weighted by atomic mass is 10.1. The van der Waals surface area contributed by atoms with Crippen LogP contribution in [0.3, 0.4) is 0 Å². The third-order valence-corrected chi connectivity index (χ3v) is 3.56. The van der Waals surface area contributed by atoms with Crippen molar-refractivity contribution in [1.82, 2.24) is 14.9 Å². The summed E-state index contributed by atoms with van der Waals surface area (Å²) in [4.78, 5) is 22.7. The van der Waals surface area contributed by atoms with Gasteiger partial charge in [0.15, 0.2) is 0 Å². The Morgan fingerprint density at radius 1 is 1.19 bits per heavy atom. The number of hydrogen-bond donors (Lipinski definition) is 1. The van der Waals surface area contributed by atoms with Gasteiger partial charge in [-0.15, -0.1) is 0 Å². The Morgan fingerprint density at radius 2 is 1.90 bits per heavy atom. The summed E-state index contributed by atoms with van der Waals surface area (Å²) >= 11 is 0. The smallest absolute Gasteiger partial charge is 0.274 e. The molecule has 3 rings (SSSR count). The SMILES string of the molecule is CCCNc1cnc(C(=O)N2Cc3ccccc3C2)cn1. The molecule has 0 radical (unpaired) electrons. The van der Waals surface area contributed by atoms with Crippen LogP contribution >= 0.6 is 0 Å². The molecule has 1 aliphatic rings. The van der Waals surface area contributed by atoms with Gasteiger partial charge in [-0.05, 0) is 17.5 Å².